The molecule has 0 bridgehead atoms. The largest absolute Gasteiger partial charge is 0.0690 e. The molecule has 0 aromatic heterocycles. The van der Waals surface area contributed by atoms with Gasteiger partial charge in [0.15, 0.2) is 0 Å². The van der Waals surface area contributed by atoms with Gasteiger partial charge in [0, 0.05) is 0 Å². The first-order chi connectivity index (χ1) is 8.12. The van der Waals surface area contributed by atoms with Gasteiger partial charge < -0.3 is 0 Å². The third-order valence-electron chi connectivity index (χ3n) is 2.87. The van der Waals surface area contributed by atoms with Gasteiger partial charge in [0.25, 0.3) is 0 Å². The lowest BCUT2D eigenvalue weighted by molar-refractivity contribution is 0.711. The van der Waals surface area contributed by atoms with Gasteiger partial charge in [-0.15, -0.1) is 0 Å². The van der Waals surface area contributed by atoms with Crippen LogP contribution in [0.15, 0.2) is 35.6 Å². The average molecular weight is 262 g/mol. The zero-order valence-electron chi connectivity index (χ0n) is 12.9. The third kappa shape index (κ3) is 4.25. The van der Waals surface area contributed by atoms with E-state index in [0.29, 0.717) is 10.3 Å². The summed E-state index contributed by atoms with van der Waals surface area (Å²) in [4.78, 5) is 0. The molecular weight excluding hydrogens is 235 g/mol. The molecule has 1 aromatic carbocycles. The Balaban J connectivity index is 3.12. The maximum atomic E-state index is 2.37. The molecule has 1 heteroatoms. The Kier molecular flexibility index (Phi) is 4.78. The number of hydrogen-bond acceptors (Lipinski definition) is 0. The van der Waals surface area contributed by atoms with Crippen molar-refractivity contribution in [1.82, 2.24) is 0 Å². The summed E-state index contributed by atoms with van der Waals surface area (Å²) in [5.74, 6) is 0. The van der Waals surface area contributed by atoms with Gasteiger partial charge >= 0.3 is 0 Å². The first-order valence-corrected chi connectivity index (χ1v) is 8.00. The first kappa shape index (κ1) is 15.4. The van der Waals surface area contributed by atoms with Gasteiger partial charge in [-0.3, -0.25) is 0 Å². The second-order valence-corrected chi connectivity index (χ2v) is 10.9. The fraction of sp³-hybridized carbons (Fsp3) is 0.529. The Morgan fingerprint density at radius 1 is 0.889 bits per heavy atom. The van der Waals surface area contributed by atoms with Crippen molar-refractivity contribution in [3.63, 3.8) is 0 Å². The molecule has 1 rings (SSSR count). The van der Waals surface area contributed by atoms with Crippen molar-refractivity contribution in [3.05, 3.63) is 41.2 Å². The fourth-order valence-electron chi connectivity index (χ4n) is 2.92. The lowest BCUT2D eigenvalue weighted by Crippen LogP contribution is -2.25. The summed E-state index contributed by atoms with van der Waals surface area (Å²) in [6.45, 7) is 16.5. The van der Waals surface area contributed by atoms with Crippen molar-refractivity contribution >= 4 is 14.0 Å². The van der Waals surface area contributed by atoms with E-state index < -0.39 is 0 Å². The normalized spacial score (nSPS) is 14.1. The van der Waals surface area contributed by atoms with E-state index in [2.05, 4.69) is 84.9 Å². The van der Waals surface area contributed by atoms with Crippen molar-refractivity contribution in [3.8, 4) is 0 Å². The van der Waals surface area contributed by atoms with Crippen LogP contribution in [-0.4, -0.2) is 10.3 Å². The van der Waals surface area contributed by atoms with Crippen LogP contribution in [0.4, 0.5) is 0 Å². The van der Waals surface area contributed by atoms with E-state index in [1.807, 2.05) is 0 Å². The molecule has 0 heterocycles. The molecule has 0 saturated heterocycles. The van der Waals surface area contributed by atoms with Crippen LogP contribution in [0.25, 0.3) is 6.08 Å². The molecule has 0 nitrogen and oxygen atoms in total. The minimum Gasteiger partial charge on any atom is -0.0690 e. The topological polar surface area (TPSA) is 0 Å². The van der Waals surface area contributed by atoms with Gasteiger partial charge in [-0.05, 0) is 28.1 Å². The number of hydrogen-bond donors (Lipinski definition) is 0. The van der Waals surface area contributed by atoms with Crippen molar-refractivity contribution in [1.29, 1.82) is 0 Å². The summed E-state index contributed by atoms with van der Waals surface area (Å²) < 4.78 is 0. The van der Waals surface area contributed by atoms with Gasteiger partial charge in [0.2, 0.25) is 0 Å². The summed E-state index contributed by atoms with van der Waals surface area (Å²) in [5, 5.41) is 2.24. The van der Waals surface area contributed by atoms with Crippen LogP contribution >= 0.6 is 7.92 Å². The van der Waals surface area contributed by atoms with Gasteiger partial charge in [0.1, 0.15) is 0 Å². The van der Waals surface area contributed by atoms with E-state index in [4.69, 9.17) is 0 Å². The zero-order valence-corrected chi connectivity index (χ0v) is 13.8. The van der Waals surface area contributed by atoms with Crippen molar-refractivity contribution < 1.29 is 0 Å². The smallest absolute Gasteiger partial charge is 0.0138 e. The quantitative estimate of drug-likeness (QED) is 0.563. The summed E-state index contributed by atoms with van der Waals surface area (Å²) >= 11 is 0. The van der Waals surface area contributed by atoms with Gasteiger partial charge in [-0.1, -0.05) is 85.9 Å². The van der Waals surface area contributed by atoms with Crippen LogP contribution < -0.4 is 0 Å². The lowest BCUT2D eigenvalue weighted by Gasteiger charge is -2.42. The SMILES string of the molecule is CC(=Cc1ccccc1)P(C(C)(C)C)C(C)(C)C. The van der Waals surface area contributed by atoms with E-state index in [0.717, 1.165) is 0 Å². The second-order valence-electron chi connectivity index (χ2n) is 6.87. The van der Waals surface area contributed by atoms with Crippen LogP contribution in [0.5, 0.6) is 0 Å². The molecule has 0 spiro atoms. The Hall–Kier alpha value is -0.610. The predicted octanol–water partition coefficient (Wildman–Crippen LogP) is 6.13. The molecule has 0 unspecified atom stereocenters. The molecule has 18 heavy (non-hydrogen) atoms. The zero-order chi connectivity index (χ0) is 14.0. The highest BCUT2D eigenvalue weighted by Crippen LogP contribution is 2.64. The van der Waals surface area contributed by atoms with E-state index in [-0.39, 0.29) is 7.92 Å². The Bertz CT molecular complexity index is 387. The van der Waals surface area contributed by atoms with E-state index in [1.54, 1.807) is 0 Å². The molecule has 0 aliphatic carbocycles. The van der Waals surface area contributed by atoms with Crippen LogP contribution in [0.1, 0.15) is 54.0 Å². The van der Waals surface area contributed by atoms with Crippen LogP contribution in [-0.2, 0) is 0 Å². The number of benzene rings is 1. The minimum atomic E-state index is -0.167. The molecule has 0 aliphatic rings. The van der Waals surface area contributed by atoms with Gasteiger partial charge in [-0.25, -0.2) is 0 Å². The monoisotopic (exact) mass is 262 g/mol. The molecule has 0 saturated carbocycles. The molecule has 0 N–H and O–H groups in total. The molecule has 1 aromatic rings. The van der Waals surface area contributed by atoms with Crippen LogP contribution in [0.2, 0.25) is 0 Å². The summed E-state index contributed by atoms with van der Waals surface area (Å²) in [5.41, 5.74) is 1.32. The summed E-state index contributed by atoms with van der Waals surface area (Å²) in [6, 6.07) is 10.7. The molecule has 100 valence electrons. The second kappa shape index (κ2) is 5.57. The highest BCUT2D eigenvalue weighted by atomic mass is 31.1. The van der Waals surface area contributed by atoms with Crippen LogP contribution in [0, 0.1) is 0 Å². The van der Waals surface area contributed by atoms with Crippen molar-refractivity contribution in [2.45, 2.75) is 58.8 Å². The molecule has 0 amide bonds. The minimum absolute atomic E-state index is 0.167. The van der Waals surface area contributed by atoms with Crippen molar-refractivity contribution in [2.24, 2.45) is 0 Å². The summed E-state index contributed by atoms with van der Waals surface area (Å²) in [6.07, 6.45) is 2.36. The number of allylic oxidation sites excluding steroid dienone is 1. The molecular formula is C17H27P. The van der Waals surface area contributed by atoms with E-state index >= 15 is 0 Å². The van der Waals surface area contributed by atoms with Crippen LogP contribution in [0.3, 0.4) is 0 Å². The number of rotatable bonds is 2. The fourth-order valence-corrected chi connectivity index (χ4v) is 7.33. The highest BCUT2D eigenvalue weighted by molar-refractivity contribution is 7.65. The predicted molar refractivity (Wildman–Crippen MR) is 86.5 cm³/mol. The lowest BCUT2D eigenvalue weighted by atomic mass is 10.2. The Morgan fingerprint density at radius 2 is 1.33 bits per heavy atom. The maximum absolute atomic E-state index is 2.37. The van der Waals surface area contributed by atoms with E-state index in [1.165, 1.54) is 10.9 Å². The van der Waals surface area contributed by atoms with Gasteiger partial charge in [0.05, 0.1) is 0 Å². The van der Waals surface area contributed by atoms with E-state index in [9.17, 15) is 0 Å². The van der Waals surface area contributed by atoms with Crippen molar-refractivity contribution in [2.75, 3.05) is 0 Å². The summed E-state index contributed by atoms with van der Waals surface area (Å²) in [7, 11) is -0.167. The standard InChI is InChI=1S/C17H27P/c1-14(13-15-11-9-8-10-12-15)18(16(2,3)4)17(5,6)7/h8-13H,1-7H3. The maximum Gasteiger partial charge on any atom is -0.0138 e. The highest BCUT2D eigenvalue weighted by Gasteiger charge is 2.35. The Labute approximate surface area is 114 Å². The molecule has 0 radical (unpaired) electrons. The first-order valence-electron chi connectivity index (χ1n) is 6.66. The third-order valence-corrected chi connectivity index (χ3v) is 6.39. The average Bonchev–Trinajstić information content (AvgIpc) is 2.13. The molecule has 0 fully saturated rings. The van der Waals surface area contributed by atoms with Gasteiger partial charge in [-0.2, -0.15) is 0 Å². The molecule has 0 atom stereocenters. The Morgan fingerprint density at radius 3 is 1.72 bits per heavy atom. The molecule has 0 aliphatic heterocycles.